The average Bonchev–Trinajstić information content (AvgIpc) is 2.76. The van der Waals surface area contributed by atoms with Gasteiger partial charge in [-0.05, 0) is 24.6 Å². The Labute approximate surface area is 119 Å². The van der Waals surface area contributed by atoms with Crippen LogP contribution in [0.15, 0.2) is 18.2 Å². The molecule has 0 atom stereocenters. The van der Waals surface area contributed by atoms with Crippen molar-refractivity contribution in [1.29, 1.82) is 0 Å². The smallest absolute Gasteiger partial charge is 0.335 e. The molecule has 5 nitrogen and oxygen atoms in total. The van der Waals surface area contributed by atoms with Crippen LogP contribution >= 0.6 is 0 Å². The molecule has 0 fully saturated rings. The van der Waals surface area contributed by atoms with Crippen molar-refractivity contribution in [3.05, 3.63) is 29.6 Å². The molecular weight excluding hydrogens is 282 g/mol. The summed E-state index contributed by atoms with van der Waals surface area (Å²) < 4.78 is 28.3. The summed E-state index contributed by atoms with van der Waals surface area (Å²) in [6.07, 6.45) is 1.22. The zero-order valence-electron chi connectivity index (χ0n) is 11.5. The summed E-state index contributed by atoms with van der Waals surface area (Å²) in [7, 11) is 0. The van der Waals surface area contributed by atoms with E-state index in [0.29, 0.717) is 23.3 Å². The number of carboxylic acid groups (broad SMARTS) is 1. The molecule has 1 aromatic heterocycles. The molecule has 0 spiro atoms. The van der Waals surface area contributed by atoms with Gasteiger partial charge >= 0.3 is 5.97 Å². The quantitative estimate of drug-likeness (QED) is 0.858. The van der Waals surface area contributed by atoms with Crippen LogP contribution in [0.2, 0.25) is 0 Å². The predicted octanol–water partition coefficient (Wildman–Crippen LogP) is 2.31. The van der Waals surface area contributed by atoms with E-state index in [1.54, 1.807) is 0 Å². The molecule has 0 bridgehead atoms. The fraction of sp³-hybridized carbons (Fsp3) is 0.429. The van der Waals surface area contributed by atoms with Gasteiger partial charge in [0.1, 0.15) is 12.4 Å². The van der Waals surface area contributed by atoms with E-state index in [1.165, 1.54) is 22.8 Å². The minimum Gasteiger partial charge on any atom is -0.478 e. The number of aliphatic hydroxyl groups excluding tert-OH is 1. The normalized spacial score (nSPS) is 12.0. The maximum Gasteiger partial charge on any atom is 0.335 e. The number of alkyl halides is 2. The van der Waals surface area contributed by atoms with Gasteiger partial charge in [-0.1, -0.05) is 6.92 Å². The number of halogens is 2. The molecule has 1 heterocycles. The van der Waals surface area contributed by atoms with Gasteiger partial charge in [-0.25, -0.2) is 18.6 Å². The zero-order chi connectivity index (χ0) is 15.6. The Morgan fingerprint density at radius 1 is 1.43 bits per heavy atom. The standard InChI is InChI=1S/C14H16F2N2O3/c1-2-3-12-17-10-6-9(13(20)21)4-5-11(10)18(12)7-14(15,16)8-19/h4-6,19H,2-3,7-8H2,1H3,(H,20,21). The van der Waals surface area contributed by atoms with Crippen LogP contribution in [0, 0.1) is 0 Å². The summed E-state index contributed by atoms with van der Waals surface area (Å²) in [5, 5.41) is 17.7. The molecule has 0 saturated carbocycles. The lowest BCUT2D eigenvalue weighted by molar-refractivity contribution is -0.0626. The summed E-state index contributed by atoms with van der Waals surface area (Å²) >= 11 is 0. The molecule has 0 aliphatic heterocycles. The fourth-order valence-corrected chi connectivity index (χ4v) is 2.18. The molecule has 0 radical (unpaired) electrons. The van der Waals surface area contributed by atoms with Gasteiger partial charge in [0.25, 0.3) is 5.92 Å². The van der Waals surface area contributed by atoms with Crippen LogP contribution in [0.5, 0.6) is 0 Å². The van der Waals surface area contributed by atoms with Crippen molar-refractivity contribution >= 4 is 17.0 Å². The van der Waals surface area contributed by atoms with Gasteiger partial charge in [-0.15, -0.1) is 0 Å². The molecule has 0 amide bonds. The van der Waals surface area contributed by atoms with E-state index >= 15 is 0 Å². The number of fused-ring (bicyclic) bond motifs is 1. The van der Waals surface area contributed by atoms with Crippen LogP contribution in [-0.2, 0) is 13.0 Å². The molecule has 2 aromatic rings. The lowest BCUT2D eigenvalue weighted by Crippen LogP contribution is -2.28. The lowest BCUT2D eigenvalue weighted by Gasteiger charge is -2.16. The van der Waals surface area contributed by atoms with Gasteiger partial charge in [-0.2, -0.15) is 0 Å². The molecular formula is C14H16F2N2O3. The number of aromatic nitrogens is 2. The summed E-state index contributed by atoms with van der Waals surface area (Å²) in [6, 6.07) is 4.19. The number of hydrogen-bond donors (Lipinski definition) is 2. The Morgan fingerprint density at radius 2 is 2.14 bits per heavy atom. The molecule has 114 valence electrons. The number of carboxylic acids is 1. The molecule has 0 saturated heterocycles. The largest absolute Gasteiger partial charge is 0.478 e. The minimum absolute atomic E-state index is 0.0594. The number of nitrogens with zero attached hydrogens (tertiary/aromatic N) is 2. The van der Waals surface area contributed by atoms with E-state index in [2.05, 4.69) is 4.98 Å². The second-order valence-corrected chi connectivity index (χ2v) is 4.89. The van der Waals surface area contributed by atoms with E-state index in [1.807, 2.05) is 6.92 Å². The summed E-state index contributed by atoms with van der Waals surface area (Å²) in [5.41, 5.74) is 0.868. The number of benzene rings is 1. The van der Waals surface area contributed by atoms with Gasteiger partial charge in [0.15, 0.2) is 0 Å². The number of rotatable bonds is 6. The molecule has 21 heavy (non-hydrogen) atoms. The first kappa shape index (κ1) is 15.4. The highest BCUT2D eigenvalue weighted by atomic mass is 19.3. The average molecular weight is 298 g/mol. The van der Waals surface area contributed by atoms with E-state index in [-0.39, 0.29) is 5.56 Å². The molecule has 7 heteroatoms. The number of aliphatic hydroxyl groups is 1. The number of aromatic carboxylic acids is 1. The van der Waals surface area contributed by atoms with Crippen molar-refractivity contribution in [3.8, 4) is 0 Å². The van der Waals surface area contributed by atoms with Crippen LogP contribution in [0.3, 0.4) is 0 Å². The van der Waals surface area contributed by atoms with Crippen molar-refractivity contribution in [2.75, 3.05) is 6.61 Å². The van der Waals surface area contributed by atoms with Gasteiger partial charge in [0.2, 0.25) is 0 Å². The Balaban J connectivity index is 2.55. The number of hydrogen-bond acceptors (Lipinski definition) is 3. The molecule has 0 unspecified atom stereocenters. The highest BCUT2D eigenvalue weighted by Gasteiger charge is 2.30. The maximum absolute atomic E-state index is 13.5. The van der Waals surface area contributed by atoms with Crippen LogP contribution in [0.25, 0.3) is 11.0 Å². The van der Waals surface area contributed by atoms with Crippen LogP contribution in [-0.4, -0.2) is 38.3 Å². The van der Waals surface area contributed by atoms with E-state index < -0.39 is 25.0 Å². The summed E-state index contributed by atoms with van der Waals surface area (Å²) in [5.74, 6) is -3.88. The predicted molar refractivity (Wildman–Crippen MR) is 72.7 cm³/mol. The van der Waals surface area contributed by atoms with Crippen molar-refractivity contribution < 1.29 is 23.8 Å². The van der Waals surface area contributed by atoms with Gasteiger partial charge < -0.3 is 14.8 Å². The number of aryl methyl sites for hydroxylation is 1. The third kappa shape index (κ3) is 3.18. The first-order valence-corrected chi connectivity index (χ1v) is 6.59. The van der Waals surface area contributed by atoms with Crippen molar-refractivity contribution in [3.63, 3.8) is 0 Å². The van der Waals surface area contributed by atoms with Crippen LogP contribution < -0.4 is 0 Å². The van der Waals surface area contributed by atoms with Gasteiger partial charge in [0, 0.05) is 6.42 Å². The number of imidazole rings is 1. The first-order chi connectivity index (χ1) is 9.88. The van der Waals surface area contributed by atoms with E-state index in [4.69, 9.17) is 10.2 Å². The van der Waals surface area contributed by atoms with E-state index in [9.17, 15) is 13.6 Å². The minimum atomic E-state index is -3.25. The monoisotopic (exact) mass is 298 g/mol. The Kier molecular flexibility index (Phi) is 4.22. The summed E-state index contributed by atoms with van der Waals surface area (Å²) in [6.45, 7) is -0.0241. The van der Waals surface area contributed by atoms with Crippen molar-refractivity contribution in [1.82, 2.24) is 9.55 Å². The second kappa shape index (κ2) is 5.77. The van der Waals surface area contributed by atoms with Crippen LogP contribution in [0.4, 0.5) is 8.78 Å². The first-order valence-electron chi connectivity index (χ1n) is 6.59. The third-order valence-electron chi connectivity index (χ3n) is 3.17. The zero-order valence-corrected chi connectivity index (χ0v) is 11.5. The highest BCUT2D eigenvalue weighted by Crippen LogP contribution is 2.24. The Hall–Kier alpha value is -2.02. The molecule has 0 aliphatic carbocycles. The Morgan fingerprint density at radius 3 is 2.71 bits per heavy atom. The van der Waals surface area contributed by atoms with Gasteiger partial charge in [0.05, 0.1) is 23.1 Å². The fourth-order valence-electron chi connectivity index (χ4n) is 2.18. The third-order valence-corrected chi connectivity index (χ3v) is 3.17. The SMILES string of the molecule is CCCc1nc2cc(C(=O)O)ccc2n1CC(F)(F)CO. The molecule has 2 N–H and O–H groups in total. The lowest BCUT2D eigenvalue weighted by atomic mass is 10.2. The molecule has 1 aromatic carbocycles. The molecule has 2 rings (SSSR count). The van der Waals surface area contributed by atoms with Crippen molar-refractivity contribution in [2.24, 2.45) is 0 Å². The maximum atomic E-state index is 13.5. The second-order valence-electron chi connectivity index (χ2n) is 4.89. The Bertz CT molecular complexity index is 668. The highest BCUT2D eigenvalue weighted by molar-refractivity contribution is 5.92. The summed E-state index contributed by atoms with van der Waals surface area (Å²) in [4.78, 5) is 15.2. The topological polar surface area (TPSA) is 75.3 Å². The number of carbonyl (C=O) groups is 1. The molecule has 0 aliphatic rings. The van der Waals surface area contributed by atoms with E-state index in [0.717, 1.165) is 6.42 Å². The van der Waals surface area contributed by atoms with Crippen LogP contribution in [0.1, 0.15) is 29.5 Å². The van der Waals surface area contributed by atoms with Crippen molar-refractivity contribution in [2.45, 2.75) is 32.2 Å². The van der Waals surface area contributed by atoms with Gasteiger partial charge in [-0.3, -0.25) is 0 Å².